The number of hydrogen-bond donors (Lipinski definition) is 2. The van der Waals surface area contributed by atoms with Gasteiger partial charge in [0.15, 0.2) is 0 Å². The summed E-state index contributed by atoms with van der Waals surface area (Å²) >= 11 is 12.5. The molecular weight excluding hydrogens is 529 g/mol. The lowest BCUT2D eigenvalue weighted by atomic mass is 10.2. The van der Waals surface area contributed by atoms with Crippen LogP contribution in [0.5, 0.6) is 0 Å². The lowest BCUT2D eigenvalue weighted by Gasteiger charge is -2.26. The van der Waals surface area contributed by atoms with Gasteiger partial charge in [-0.3, -0.25) is 19.0 Å². The summed E-state index contributed by atoms with van der Waals surface area (Å²) in [5.74, 6) is -1.18. The second-order valence-electron chi connectivity index (χ2n) is 8.42. The van der Waals surface area contributed by atoms with Gasteiger partial charge >= 0.3 is 0 Å². The zero-order valence-corrected chi connectivity index (χ0v) is 22.0. The molecule has 2 amide bonds. The fraction of sp³-hybridized carbons (Fsp3) is 0.364. The number of rotatable bonds is 7. The number of piperidine rings is 1. The van der Waals surface area contributed by atoms with Crippen LogP contribution in [-0.4, -0.2) is 57.2 Å². The van der Waals surface area contributed by atoms with Crippen molar-refractivity contribution >= 4 is 50.7 Å². The van der Waals surface area contributed by atoms with Crippen LogP contribution < -0.4 is 10.6 Å². The Morgan fingerprint density at radius 2 is 1.72 bits per heavy atom. The Bertz CT molecular complexity index is 1410. The molecule has 2 aromatic heterocycles. The molecule has 192 valence electrons. The monoisotopic (exact) mass is 553 g/mol. The Morgan fingerprint density at radius 3 is 2.39 bits per heavy atom. The van der Waals surface area contributed by atoms with E-state index in [2.05, 4.69) is 20.8 Å². The van der Waals surface area contributed by atoms with E-state index in [9.17, 15) is 18.0 Å². The van der Waals surface area contributed by atoms with E-state index >= 15 is 0 Å². The van der Waals surface area contributed by atoms with Crippen LogP contribution in [0.2, 0.25) is 10.0 Å². The highest BCUT2D eigenvalue weighted by molar-refractivity contribution is 7.89. The van der Waals surface area contributed by atoms with Crippen molar-refractivity contribution in [3.8, 4) is 0 Å². The molecule has 0 unspecified atom stereocenters. The Labute approximate surface area is 218 Å². The van der Waals surface area contributed by atoms with Gasteiger partial charge in [-0.2, -0.15) is 14.5 Å². The number of halogens is 2. The van der Waals surface area contributed by atoms with Crippen LogP contribution in [0.25, 0.3) is 0 Å². The number of nitrogens with one attached hydrogen (secondary N) is 2. The Kier molecular flexibility index (Phi) is 7.69. The number of nitrogens with zero attached hydrogens (tertiary/aromatic N) is 5. The van der Waals surface area contributed by atoms with Crippen molar-refractivity contribution in [2.45, 2.75) is 30.7 Å². The second kappa shape index (κ2) is 10.6. The average molecular weight is 554 g/mol. The molecule has 0 aliphatic carbocycles. The van der Waals surface area contributed by atoms with Crippen LogP contribution in [0.15, 0.2) is 35.6 Å². The molecule has 1 aliphatic rings. The molecule has 36 heavy (non-hydrogen) atoms. The zero-order chi connectivity index (χ0) is 26.0. The van der Waals surface area contributed by atoms with E-state index in [-0.39, 0.29) is 38.4 Å². The smallest absolute Gasteiger partial charge is 0.271 e. The Balaban J connectivity index is 1.57. The number of amides is 2. The molecule has 1 aliphatic heterocycles. The lowest BCUT2D eigenvalue weighted by molar-refractivity contribution is 0.0942. The van der Waals surface area contributed by atoms with Crippen molar-refractivity contribution in [3.05, 3.63) is 57.6 Å². The minimum absolute atomic E-state index is 0.0263. The summed E-state index contributed by atoms with van der Waals surface area (Å²) in [6.45, 7) is 0.998. The standard InChI is InChI=1S/C22H25Cl2N7O4S/c1-29-13-14(11-26-29)10-25-22(33)20-18(12-27-30(20)2)28-21(32)15-8-19(17(24)9-16(15)23)36(34,35)31-6-4-3-5-7-31/h8-9,11-13H,3-7,10H2,1-2H3,(H,25,33)(H,28,32). The minimum atomic E-state index is -3.91. The molecule has 0 radical (unpaired) electrons. The third-order valence-electron chi connectivity index (χ3n) is 5.81. The van der Waals surface area contributed by atoms with E-state index in [4.69, 9.17) is 23.2 Å². The van der Waals surface area contributed by atoms with Gasteiger partial charge in [0.25, 0.3) is 11.8 Å². The van der Waals surface area contributed by atoms with Gasteiger partial charge in [0.1, 0.15) is 10.6 Å². The van der Waals surface area contributed by atoms with Crippen LogP contribution in [0, 0.1) is 0 Å². The summed E-state index contributed by atoms with van der Waals surface area (Å²) in [7, 11) is -0.581. The highest BCUT2D eigenvalue weighted by atomic mass is 35.5. The van der Waals surface area contributed by atoms with E-state index in [1.54, 1.807) is 31.2 Å². The van der Waals surface area contributed by atoms with Crippen molar-refractivity contribution in [1.29, 1.82) is 0 Å². The zero-order valence-electron chi connectivity index (χ0n) is 19.7. The fourth-order valence-corrected chi connectivity index (χ4v) is 6.31. The molecule has 1 fully saturated rings. The van der Waals surface area contributed by atoms with Gasteiger partial charge < -0.3 is 10.6 Å². The van der Waals surface area contributed by atoms with Crippen LogP contribution >= 0.6 is 23.2 Å². The van der Waals surface area contributed by atoms with Gasteiger partial charge in [0, 0.05) is 45.5 Å². The quantitative estimate of drug-likeness (QED) is 0.462. The van der Waals surface area contributed by atoms with Crippen molar-refractivity contribution in [3.63, 3.8) is 0 Å². The SMILES string of the molecule is Cn1cc(CNC(=O)c2c(NC(=O)c3cc(S(=O)(=O)N4CCCCC4)c(Cl)cc3Cl)cnn2C)cn1. The summed E-state index contributed by atoms with van der Waals surface area (Å²) in [4.78, 5) is 25.8. The maximum Gasteiger partial charge on any atom is 0.271 e. The maximum absolute atomic E-state index is 13.2. The first-order chi connectivity index (χ1) is 17.1. The Morgan fingerprint density at radius 1 is 1.00 bits per heavy atom. The maximum atomic E-state index is 13.2. The van der Waals surface area contributed by atoms with E-state index in [1.807, 2.05) is 0 Å². The van der Waals surface area contributed by atoms with Gasteiger partial charge in [-0.05, 0) is 25.0 Å². The predicted octanol–water partition coefficient (Wildman–Crippen LogP) is 2.82. The first-order valence-electron chi connectivity index (χ1n) is 11.2. The Hall–Kier alpha value is -2.93. The van der Waals surface area contributed by atoms with Crippen molar-refractivity contribution in [2.75, 3.05) is 18.4 Å². The molecule has 3 heterocycles. The number of aryl methyl sites for hydroxylation is 2. The highest BCUT2D eigenvalue weighted by Crippen LogP contribution is 2.32. The van der Waals surface area contributed by atoms with Crippen molar-refractivity contribution < 1.29 is 18.0 Å². The number of benzene rings is 1. The second-order valence-corrected chi connectivity index (χ2v) is 11.1. The first kappa shape index (κ1) is 26.1. The van der Waals surface area contributed by atoms with E-state index in [1.165, 1.54) is 27.3 Å². The predicted molar refractivity (Wildman–Crippen MR) is 135 cm³/mol. The summed E-state index contributed by atoms with van der Waals surface area (Å²) in [6.07, 6.45) is 7.19. The molecular formula is C22H25Cl2N7O4S. The molecule has 0 atom stereocenters. The van der Waals surface area contributed by atoms with Crippen molar-refractivity contribution in [1.82, 2.24) is 29.2 Å². The molecule has 4 rings (SSSR count). The highest BCUT2D eigenvalue weighted by Gasteiger charge is 2.30. The molecule has 0 bridgehead atoms. The topological polar surface area (TPSA) is 131 Å². The molecule has 11 nitrogen and oxygen atoms in total. The number of carbonyl (C=O) groups is 2. The molecule has 0 saturated carbocycles. The minimum Gasteiger partial charge on any atom is -0.346 e. The van der Waals surface area contributed by atoms with E-state index in [0.717, 1.165) is 24.8 Å². The normalized spacial score (nSPS) is 14.6. The van der Waals surface area contributed by atoms with Crippen LogP contribution in [0.4, 0.5) is 5.69 Å². The lowest BCUT2D eigenvalue weighted by Crippen LogP contribution is -2.35. The number of anilines is 1. The number of aromatic nitrogens is 4. The third kappa shape index (κ3) is 5.41. The van der Waals surface area contributed by atoms with Crippen LogP contribution in [-0.2, 0) is 30.7 Å². The average Bonchev–Trinajstić information content (AvgIpc) is 3.42. The number of carbonyl (C=O) groups excluding carboxylic acids is 2. The van der Waals surface area contributed by atoms with Gasteiger partial charge in [-0.1, -0.05) is 29.6 Å². The summed E-state index contributed by atoms with van der Waals surface area (Å²) in [6, 6.07) is 2.40. The van der Waals surface area contributed by atoms with Gasteiger partial charge in [-0.25, -0.2) is 8.42 Å². The third-order valence-corrected chi connectivity index (χ3v) is 8.49. The molecule has 3 aromatic rings. The van der Waals surface area contributed by atoms with Gasteiger partial charge in [-0.15, -0.1) is 0 Å². The largest absolute Gasteiger partial charge is 0.346 e. The molecule has 14 heteroatoms. The molecule has 1 aromatic carbocycles. The van der Waals surface area contributed by atoms with Gasteiger partial charge in [0.05, 0.1) is 33.7 Å². The summed E-state index contributed by atoms with van der Waals surface area (Å²) < 4.78 is 30.7. The van der Waals surface area contributed by atoms with Crippen LogP contribution in [0.3, 0.4) is 0 Å². The summed E-state index contributed by atoms with van der Waals surface area (Å²) in [5.41, 5.74) is 0.951. The number of sulfonamides is 1. The number of hydrogen-bond acceptors (Lipinski definition) is 6. The first-order valence-corrected chi connectivity index (χ1v) is 13.4. The molecule has 1 saturated heterocycles. The van der Waals surface area contributed by atoms with E-state index < -0.39 is 21.8 Å². The van der Waals surface area contributed by atoms with Gasteiger partial charge in [0.2, 0.25) is 10.0 Å². The van der Waals surface area contributed by atoms with E-state index in [0.29, 0.717) is 13.1 Å². The summed E-state index contributed by atoms with van der Waals surface area (Å²) in [5, 5.41) is 13.4. The molecule has 0 spiro atoms. The van der Waals surface area contributed by atoms with Crippen LogP contribution in [0.1, 0.15) is 45.7 Å². The van der Waals surface area contributed by atoms with Crippen molar-refractivity contribution in [2.24, 2.45) is 14.1 Å². The molecule has 2 N–H and O–H groups in total. The fourth-order valence-electron chi connectivity index (χ4n) is 3.96.